The smallest absolute Gasteiger partial charge is 0.0412 e. The Kier molecular flexibility index (Phi) is 3.69. The fourth-order valence-corrected chi connectivity index (χ4v) is 1.09. The average molecular weight is 175 g/mol. The van der Waals surface area contributed by atoms with Crippen LogP contribution in [0.5, 0.6) is 0 Å². The van der Waals surface area contributed by atoms with Crippen LogP contribution in [0.25, 0.3) is 0 Å². The summed E-state index contributed by atoms with van der Waals surface area (Å²) >= 11 is 0. The van der Waals surface area contributed by atoms with Gasteiger partial charge in [0.15, 0.2) is 0 Å². The lowest BCUT2D eigenvalue weighted by molar-refractivity contribution is 0.667. The molecule has 0 N–H and O–H groups in total. The van der Waals surface area contributed by atoms with E-state index in [1.54, 1.807) is 0 Å². The molecular formula is C12H17N. The Morgan fingerprint density at radius 1 is 1.31 bits per heavy atom. The molecule has 1 aromatic carbocycles. The van der Waals surface area contributed by atoms with E-state index in [2.05, 4.69) is 44.0 Å². The minimum absolute atomic E-state index is 0.639. The molecule has 70 valence electrons. The number of nitrogens with zero attached hydrogens (tertiary/aromatic N) is 1. The SMILES string of the molecule is Cc1ccccc1/C=N\CC(C)C. The molecule has 0 atom stereocenters. The van der Waals surface area contributed by atoms with Crippen LogP contribution >= 0.6 is 0 Å². The first kappa shape index (κ1) is 9.97. The molecule has 0 amide bonds. The summed E-state index contributed by atoms with van der Waals surface area (Å²) in [6.07, 6.45) is 1.97. The molecule has 0 spiro atoms. The van der Waals surface area contributed by atoms with E-state index in [9.17, 15) is 0 Å². The molecule has 0 aliphatic rings. The lowest BCUT2D eigenvalue weighted by atomic mass is 10.1. The summed E-state index contributed by atoms with van der Waals surface area (Å²) in [6, 6.07) is 8.30. The normalized spacial score (nSPS) is 11.4. The maximum atomic E-state index is 4.38. The van der Waals surface area contributed by atoms with Gasteiger partial charge in [0.25, 0.3) is 0 Å². The van der Waals surface area contributed by atoms with Gasteiger partial charge in [-0.2, -0.15) is 0 Å². The fourth-order valence-electron chi connectivity index (χ4n) is 1.09. The summed E-state index contributed by atoms with van der Waals surface area (Å²) in [5.41, 5.74) is 2.51. The van der Waals surface area contributed by atoms with Crippen LogP contribution in [0.15, 0.2) is 29.3 Å². The van der Waals surface area contributed by atoms with Crippen molar-refractivity contribution in [2.75, 3.05) is 6.54 Å². The Bertz CT molecular complexity index is 287. The van der Waals surface area contributed by atoms with Crippen molar-refractivity contribution < 1.29 is 0 Å². The summed E-state index contributed by atoms with van der Waals surface area (Å²) < 4.78 is 0. The molecule has 0 fully saturated rings. The van der Waals surface area contributed by atoms with Crippen molar-refractivity contribution in [1.82, 2.24) is 0 Å². The molecular weight excluding hydrogens is 158 g/mol. The molecule has 0 saturated heterocycles. The summed E-state index contributed by atoms with van der Waals surface area (Å²) in [5.74, 6) is 0.639. The van der Waals surface area contributed by atoms with Crippen molar-refractivity contribution in [2.45, 2.75) is 20.8 Å². The predicted octanol–water partition coefficient (Wildman–Crippen LogP) is 3.07. The minimum Gasteiger partial charge on any atom is -0.292 e. The molecule has 13 heavy (non-hydrogen) atoms. The molecule has 0 aliphatic carbocycles. The van der Waals surface area contributed by atoms with E-state index in [0.717, 1.165) is 6.54 Å². The summed E-state index contributed by atoms with van der Waals surface area (Å²) in [6.45, 7) is 7.37. The Morgan fingerprint density at radius 2 is 2.00 bits per heavy atom. The Labute approximate surface area is 80.5 Å². The number of aryl methyl sites for hydroxylation is 1. The minimum atomic E-state index is 0.639. The molecule has 0 saturated carbocycles. The van der Waals surface area contributed by atoms with Gasteiger partial charge in [-0.1, -0.05) is 38.1 Å². The first-order valence-electron chi connectivity index (χ1n) is 4.75. The second-order valence-electron chi connectivity index (χ2n) is 3.74. The first-order chi connectivity index (χ1) is 6.20. The molecule has 1 aromatic rings. The van der Waals surface area contributed by atoms with Crippen LogP contribution < -0.4 is 0 Å². The number of benzene rings is 1. The molecule has 0 aliphatic heterocycles. The molecule has 0 radical (unpaired) electrons. The van der Waals surface area contributed by atoms with Crippen molar-refractivity contribution in [3.05, 3.63) is 35.4 Å². The van der Waals surface area contributed by atoms with E-state index in [0.29, 0.717) is 5.92 Å². The number of hydrogen-bond donors (Lipinski definition) is 0. The van der Waals surface area contributed by atoms with Crippen molar-refractivity contribution in [2.24, 2.45) is 10.9 Å². The second kappa shape index (κ2) is 4.80. The fraction of sp³-hybridized carbons (Fsp3) is 0.417. The van der Waals surface area contributed by atoms with Crippen LogP contribution in [-0.2, 0) is 0 Å². The third kappa shape index (κ3) is 3.41. The molecule has 0 bridgehead atoms. The number of aliphatic imine (C=N–C) groups is 1. The molecule has 0 aromatic heterocycles. The summed E-state index contributed by atoms with van der Waals surface area (Å²) in [4.78, 5) is 4.38. The van der Waals surface area contributed by atoms with Gasteiger partial charge in [0, 0.05) is 12.8 Å². The van der Waals surface area contributed by atoms with E-state index < -0.39 is 0 Å². The van der Waals surface area contributed by atoms with E-state index in [1.165, 1.54) is 11.1 Å². The highest BCUT2D eigenvalue weighted by atomic mass is 14.7. The van der Waals surface area contributed by atoms with Gasteiger partial charge >= 0.3 is 0 Å². The third-order valence-corrected chi connectivity index (χ3v) is 1.89. The number of rotatable bonds is 3. The van der Waals surface area contributed by atoms with Crippen LogP contribution in [-0.4, -0.2) is 12.8 Å². The van der Waals surface area contributed by atoms with Gasteiger partial charge in [-0.3, -0.25) is 4.99 Å². The average Bonchev–Trinajstić information content (AvgIpc) is 2.08. The quantitative estimate of drug-likeness (QED) is 0.626. The van der Waals surface area contributed by atoms with Crippen LogP contribution in [0.3, 0.4) is 0 Å². The van der Waals surface area contributed by atoms with E-state index >= 15 is 0 Å². The zero-order valence-electron chi connectivity index (χ0n) is 8.62. The highest BCUT2D eigenvalue weighted by Gasteiger charge is 1.92. The largest absolute Gasteiger partial charge is 0.292 e. The zero-order chi connectivity index (χ0) is 9.68. The maximum Gasteiger partial charge on any atom is 0.0412 e. The van der Waals surface area contributed by atoms with Gasteiger partial charge in [0.2, 0.25) is 0 Å². The lowest BCUT2D eigenvalue weighted by Gasteiger charge is -1.99. The van der Waals surface area contributed by atoms with Gasteiger partial charge in [-0.25, -0.2) is 0 Å². The topological polar surface area (TPSA) is 12.4 Å². The van der Waals surface area contributed by atoms with Gasteiger partial charge < -0.3 is 0 Å². The van der Waals surface area contributed by atoms with Crippen molar-refractivity contribution in [3.63, 3.8) is 0 Å². The van der Waals surface area contributed by atoms with E-state index in [-0.39, 0.29) is 0 Å². The van der Waals surface area contributed by atoms with Crippen molar-refractivity contribution >= 4 is 6.21 Å². The van der Waals surface area contributed by atoms with Crippen LogP contribution in [0.2, 0.25) is 0 Å². The third-order valence-electron chi connectivity index (χ3n) is 1.89. The van der Waals surface area contributed by atoms with Crippen LogP contribution in [0, 0.1) is 12.8 Å². The molecule has 1 nitrogen and oxygen atoms in total. The summed E-state index contributed by atoms with van der Waals surface area (Å²) in [7, 11) is 0. The van der Waals surface area contributed by atoms with E-state index in [4.69, 9.17) is 0 Å². The summed E-state index contributed by atoms with van der Waals surface area (Å²) in [5, 5.41) is 0. The van der Waals surface area contributed by atoms with Gasteiger partial charge in [0.05, 0.1) is 0 Å². The van der Waals surface area contributed by atoms with Crippen molar-refractivity contribution in [1.29, 1.82) is 0 Å². The van der Waals surface area contributed by atoms with Gasteiger partial charge in [-0.15, -0.1) is 0 Å². The highest BCUT2D eigenvalue weighted by Crippen LogP contribution is 2.03. The monoisotopic (exact) mass is 175 g/mol. The predicted molar refractivity (Wildman–Crippen MR) is 58.5 cm³/mol. The van der Waals surface area contributed by atoms with Gasteiger partial charge in [-0.05, 0) is 24.0 Å². The maximum absolute atomic E-state index is 4.38. The molecule has 0 heterocycles. The highest BCUT2D eigenvalue weighted by molar-refractivity contribution is 5.81. The Hall–Kier alpha value is -1.11. The van der Waals surface area contributed by atoms with Gasteiger partial charge in [0.1, 0.15) is 0 Å². The lowest BCUT2D eigenvalue weighted by Crippen LogP contribution is -1.93. The Balaban J connectivity index is 2.63. The Morgan fingerprint density at radius 3 is 2.62 bits per heavy atom. The molecule has 1 heteroatoms. The van der Waals surface area contributed by atoms with Crippen LogP contribution in [0.1, 0.15) is 25.0 Å². The first-order valence-corrected chi connectivity index (χ1v) is 4.75. The standard InChI is InChI=1S/C12H17N/c1-10(2)8-13-9-12-7-5-4-6-11(12)3/h4-7,9-10H,8H2,1-3H3/b13-9-. The molecule has 0 unspecified atom stereocenters. The second-order valence-corrected chi connectivity index (χ2v) is 3.74. The van der Waals surface area contributed by atoms with E-state index in [1.807, 2.05) is 12.3 Å². The van der Waals surface area contributed by atoms with Crippen molar-refractivity contribution in [3.8, 4) is 0 Å². The van der Waals surface area contributed by atoms with Crippen LogP contribution in [0.4, 0.5) is 0 Å². The zero-order valence-corrected chi connectivity index (χ0v) is 8.62. The molecule has 1 rings (SSSR count). The number of hydrogen-bond acceptors (Lipinski definition) is 1.